The van der Waals surface area contributed by atoms with Gasteiger partial charge in [-0.25, -0.2) is 24.1 Å². The Labute approximate surface area is 210 Å². The normalized spacial score (nSPS) is 14.7. The second-order valence-corrected chi connectivity index (χ2v) is 9.09. The van der Waals surface area contributed by atoms with Gasteiger partial charge in [-0.05, 0) is 56.7 Å². The van der Waals surface area contributed by atoms with Gasteiger partial charge in [-0.2, -0.15) is 0 Å². The predicted octanol–water partition coefficient (Wildman–Crippen LogP) is 3.45. The van der Waals surface area contributed by atoms with E-state index >= 15 is 0 Å². The minimum Gasteiger partial charge on any atom is -0.480 e. The zero-order valence-electron chi connectivity index (χ0n) is 20.1. The SMILES string of the molecule is COC[C@@H](F)CN(CCCCc1ccc2c(n1)NCCC2)CC[C@H](Nc1cc(Cl)ncn1)C(=O)O. The first-order valence-corrected chi connectivity index (χ1v) is 12.4. The third kappa shape index (κ3) is 9.19. The number of aliphatic carboxylic acids is 1. The van der Waals surface area contributed by atoms with Crippen LogP contribution in [-0.2, 0) is 22.4 Å². The number of anilines is 2. The van der Waals surface area contributed by atoms with Gasteiger partial charge in [0.1, 0.15) is 35.3 Å². The number of carbonyl (C=O) groups is 1. The van der Waals surface area contributed by atoms with Crippen LogP contribution in [0.4, 0.5) is 16.0 Å². The second-order valence-electron chi connectivity index (χ2n) is 8.70. The van der Waals surface area contributed by atoms with Crippen LogP contribution >= 0.6 is 11.6 Å². The molecule has 0 bridgehead atoms. The summed E-state index contributed by atoms with van der Waals surface area (Å²) in [6.45, 7) is 2.21. The number of hydrogen-bond acceptors (Lipinski definition) is 8. The largest absolute Gasteiger partial charge is 0.480 e. The molecule has 3 heterocycles. The Morgan fingerprint density at radius 2 is 2.20 bits per heavy atom. The lowest BCUT2D eigenvalue weighted by atomic mass is 10.1. The molecule has 0 fully saturated rings. The fourth-order valence-corrected chi connectivity index (χ4v) is 4.26. The fourth-order valence-electron chi connectivity index (χ4n) is 4.12. The molecular formula is C24H34ClFN6O3. The van der Waals surface area contributed by atoms with Crippen molar-refractivity contribution in [3.05, 3.63) is 40.9 Å². The number of nitrogens with one attached hydrogen (secondary N) is 2. The maximum absolute atomic E-state index is 14.3. The Bertz CT molecular complexity index is 953. The topological polar surface area (TPSA) is 113 Å². The smallest absolute Gasteiger partial charge is 0.326 e. The monoisotopic (exact) mass is 508 g/mol. The number of nitrogens with zero attached hydrogens (tertiary/aromatic N) is 4. The molecule has 0 unspecified atom stereocenters. The first-order valence-electron chi connectivity index (χ1n) is 12.0. The quantitative estimate of drug-likeness (QED) is 0.246. The van der Waals surface area contributed by atoms with E-state index in [1.54, 1.807) is 0 Å². The molecule has 0 saturated carbocycles. The number of aryl methyl sites for hydroxylation is 2. The number of methoxy groups -OCH3 is 1. The molecule has 3 N–H and O–H groups in total. The summed E-state index contributed by atoms with van der Waals surface area (Å²) in [5.74, 6) is 0.312. The van der Waals surface area contributed by atoms with Crippen LogP contribution in [0.15, 0.2) is 24.5 Å². The van der Waals surface area contributed by atoms with Crippen LogP contribution in [0.25, 0.3) is 0 Å². The van der Waals surface area contributed by atoms with Crippen molar-refractivity contribution in [1.82, 2.24) is 19.9 Å². The van der Waals surface area contributed by atoms with Crippen LogP contribution in [-0.4, -0.2) is 83.0 Å². The van der Waals surface area contributed by atoms with Crippen LogP contribution in [0.3, 0.4) is 0 Å². The van der Waals surface area contributed by atoms with Crippen LogP contribution < -0.4 is 10.6 Å². The van der Waals surface area contributed by atoms with Crippen molar-refractivity contribution in [2.75, 3.05) is 50.5 Å². The number of carboxylic acid groups (broad SMARTS) is 1. The molecule has 0 aromatic carbocycles. The van der Waals surface area contributed by atoms with Gasteiger partial charge in [0.05, 0.1) is 6.61 Å². The number of unbranched alkanes of at least 4 members (excludes halogenated alkanes) is 1. The molecule has 2 atom stereocenters. The van der Waals surface area contributed by atoms with E-state index in [9.17, 15) is 14.3 Å². The number of rotatable bonds is 15. The summed E-state index contributed by atoms with van der Waals surface area (Å²) in [4.78, 5) is 26.3. The second kappa shape index (κ2) is 14.1. The van der Waals surface area contributed by atoms with Crippen molar-refractivity contribution < 1.29 is 19.0 Å². The molecule has 192 valence electrons. The van der Waals surface area contributed by atoms with E-state index < -0.39 is 18.2 Å². The molecule has 0 saturated heterocycles. The van der Waals surface area contributed by atoms with Gasteiger partial charge < -0.3 is 25.4 Å². The van der Waals surface area contributed by atoms with Crippen molar-refractivity contribution in [3.63, 3.8) is 0 Å². The van der Waals surface area contributed by atoms with Crippen molar-refractivity contribution in [2.24, 2.45) is 0 Å². The molecule has 9 nitrogen and oxygen atoms in total. The zero-order valence-corrected chi connectivity index (χ0v) is 20.8. The minimum atomic E-state index is -1.15. The van der Waals surface area contributed by atoms with E-state index in [0.717, 1.165) is 50.2 Å². The lowest BCUT2D eigenvalue weighted by molar-refractivity contribution is -0.138. The number of hydrogen-bond donors (Lipinski definition) is 3. The summed E-state index contributed by atoms with van der Waals surface area (Å²) in [6, 6.07) is 4.81. The standard InChI is InChI=1S/C24H34ClFN6O3/c1-35-15-18(26)14-32(12-9-20(24(33)34)31-22-13-21(25)28-16-29-22)11-3-2-6-19-8-7-17-5-4-10-27-23(17)30-19/h7-8,13,16,18,20H,2-6,9-12,14-15H2,1H3,(H,27,30)(H,33,34)(H,28,29,31)/t18-,20-/m0/s1. The molecule has 0 amide bonds. The third-order valence-corrected chi connectivity index (χ3v) is 6.11. The Morgan fingerprint density at radius 1 is 1.34 bits per heavy atom. The number of halogens is 2. The Hall–Kier alpha value is -2.56. The minimum absolute atomic E-state index is 0.00257. The lowest BCUT2D eigenvalue weighted by Gasteiger charge is -2.26. The molecule has 1 aliphatic rings. The highest BCUT2D eigenvalue weighted by Crippen LogP contribution is 2.20. The molecule has 2 aromatic heterocycles. The maximum atomic E-state index is 14.3. The summed E-state index contributed by atoms with van der Waals surface area (Å²) in [6.07, 6.45) is 5.18. The predicted molar refractivity (Wildman–Crippen MR) is 134 cm³/mol. The Kier molecular flexibility index (Phi) is 10.9. The average molecular weight is 509 g/mol. The van der Waals surface area contributed by atoms with Crippen LogP contribution in [0, 0.1) is 0 Å². The van der Waals surface area contributed by atoms with E-state index in [2.05, 4.69) is 32.7 Å². The maximum Gasteiger partial charge on any atom is 0.326 e. The summed E-state index contributed by atoms with van der Waals surface area (Å²) < 4.78 is 19.3. The molecule has 1 aliphatic heterocycles. The van der Waals surface area contributed by atoms with E-state index in [0.29, 0.717) is 18.9 Å². The number of aromatic nitrogens is 3. The molecule has 11 heteroatoms. The van der Waals surface area contributed by atoms with Gasteiger partial charge in [0.15, 0.2) is 0 Å². The molecule has 0 spiro atoms. The van der Waals surface area contributed by atoms with Crippen LogP contribution in [0.5, 0.6) is 0 Å². The number of pyridine rings is 1. The summed E-state index contributed by atoms with van der Waals surface area (Å²) >= 11 is 5.86. The highest BCUT2D eigenvalue weighted by Gasteiger charge is 2.21. The molecule has 0 aliphatic carbocycles. The van der Waals surface area contributed by atoms with Gasteiger partial charge in [0.25, 0.3) is 0 Å². The van der Waals surface area contributed by atoms with E-state index in [1.165, 1.54) is 25.1 Å². The number of alkyl halides is 1. The van der Waals surface area contributed by atoms with Gasteiger partial charge in [-0.3, -0.25) is 0 Å². The van der Waals surface area contributed by atoms with Crippen molar-refractivity contribution in [2.45, 2.75) is 50.7 Å². The molecule has 35 heavy (non-hydrogen) atoms. The van der Waals surface area contributed by atoms with Gasteiger partial charge in [0, 0.05) is 38.5 Å². The van der Waals surface area contributed by atoms with Gasteiger partial charge in [-0.15, -0.1) is 0 Å². The summed E-state index contributed by atoms with van der Waals surface area (Å²) in [5, 5.41) is 16.1. The van der Waals surface area contributed by atoms with Gasteiger partial charge in [0.2, 0.25) is 0 Å². The van der Waals surface area contributed by atoms with Gasteiger partial charge >= 0.3 is 5.97 Å². The van der Waals surface area contributed by atoms with Crippen molar-refractivity contribution >= 4 is 29.2 Å². The van der Waals surface area contributed by atoms with Crippen molar-refractivity contribution in [1.29, 1.82) is 0 Å². The fraction of sp³-hybridized carbons (Fsp3) is 0.583. The summed E-state index contributed by atoms with van der Waals surface area (Å²) in [5.41, 5.74) is 2.32. The van der Waals surface area contributed by atoms with Crippen LogP contribution in [0.2, 0.25) is 5.15 Å². The zero-order chi connectivity index (χ0) is 25.0. The van der Waals surface area contributed by atoms with E-state index in [-0.39, 0.29) is 24.7 Å². The Balaban J connectivity index is 1.51. The summed E-state index contributed by atoms with van der Waals surface area (Å²) in [7, 11) is 1.47. The lowest BCUT2D eigenvalue weighted by Crippen LogP contribution is -2.38. The molecular weight excluding hydrogens is 475 g/mol. The molecule has 3 rings (SSSR count). The number of fused-ring (bicyclic) bond motifs is 1. The van der Waals surface area contributed by atoms with E-state index in [4.69, 9.17) is 21.3 Å². The van der Waals surface area contributed by atoms with Crippen molar-refractivity contribution in [3.8, 4) is 0 Å². The average Bonchev–Trinajstić information content (AvgIpc) is 2.84. The van der Waals surface area contributed by atoms with E-state index in [1.807, 2.05) is 4.90 Å². The Morgan fingerprint density at radius 3 is 2.97 bits per heavy atom. The highest BCUT2D eigenvalue weighted by atomic mass is 35.5. The highest BCUT2D eigenvalue weighted by molar-refractivity contribution is 6.29. The third-order valence-electron chi connectivity index (χ3n) is 5.90. The van der Waals surface area contributed by atoms with Crippen LogP contribution in [0.1, 0.15) is 36.9 Å². The van der Waals surface area contributed by atoms with Gasteiger partial charge in [-0.1, -0.05) is 17.7 Å². The molecule has 0 radical (unpaired) electrons. The first-order chi connectivity index (χ1) is 16.9. The molecule has 2 aromatic rings. The number of ether oxygens (including phenoxy) is 1. The number of carboxylic acids is 1. The first kappa shape index (κ1) is 27.0.